The zero-order chi connectivity index (χ0) is 14.3. The SMILES string of the molecule is CCNC(=NCC1(C)CCCS1)NCCc1ccsc1. The maximum absolute atomic E-state index is 4.76. The summed E-state index contributed by atoms with van der Waals surface area (Å²) in [7, 11) is 0. The Bertz CT molecular complexity index is 409. The highest BCUT2D eigenvalue weighted by atomic mass is 32.2. The normalized spacial score (nSPS) is 23.0. The maximum atomic E-state index is 4.76. The fourth-order valence-electron chi connectivity index (χ4n) is 2.31. The Morgan fingerprint density at radius 3 is 3.00 bits per heavy atom. The van der Waals surface area contributed by atoms with Crippen molar-refractivity contribution in [2.24, 2.45) is 4.99 Å². The molecule has 2 heterocycles. The van der Waals surface area contributed by atoms with Gasteiger partial charge in [-0.15, -0.1) is 0 Å². The largest absolute Gasteiger partial charge is 0.357 e. The van der Waals surface area contributed by atoms with Crippen LogP contribution >= 0.6 is 23.1 Å². The van der Waals surface area contributed by atoms with Gasteiger partial charge in [-0.25, -0.2) is 0 Å². The first kappa shape index (κ1) is 15.7. The molecule has 1 saturated heterocycles. The molecule has 1 aromatic heterocycles. The molecule has 112 valence electrons. The first-order chi connectivity index (χ1) is 9.72. The number of hydrogen-bond acceptors (Lipinski definition) is 3. The molecule has 2 N–H and O–H groups in total. The van der Waals surface area contributed by atoms with Gasteiger partial charge in [-0.05, 0) is 61.3 Å². The van der Waals surface area contributed by atoms with Crippen LogP contribution in [0.5, 0.6) is 0 Å². The predicted molar refractivity (Wildman–Crippen MR) is 92.1 cm³/mol. The third-order valence-electron chi connectivity index (χ3n) is 3.50. The molecule has 0 aliphatic carbocycles. The van der Waals surface area contributed by atoms with E-state index in [1.807, 2.05) is 0 Å². The molecule has 1 aromatic rings. The van der Waals surface area contributed by atoms with Crippen molar-refractivity contribution in [2.45, 2.75) is 37.9 Å². The molecule has 1 aliphatic heterocycles. The molecule has 0 radical (unpaired) electrons. The zero-order valence-corrected chi connectivity index (χ0v) is 14.1. The van der Waals surface area contributed by atoms with Crippen LogP contribution in [0.3, 0.4) is 0 Å². The molecular formula is C15H25N3S2. The second-order valence-electron chi connectivity index (χ2n) is 5.41. The molecule has 1 aliphatic rings. The van der Waals surface area contributed by atoms with E-state index in [1.165, 1.54) is 24.2 Å². The smallest absolute Gasteiger partial charge is 0.191 e. The molecule has 0 bridgehead atoms. The summed E-state index contributed by atoms with van der Waals surface area (Å²) in [6, 6.07) is 2.19. The minimum atomic E-state index is 0.343. The van der Waals surface area contributed by atoms with E-state index >= 15 is 0 Å². The number of rotatable bonds is 6. The van der Waals surface area contributed by atoms with Crippen molar-refractivity contribution in [2.75, 3.05) is 25.4 Å². The van der Waals surface area contributed by atoms with E-state index in [0.29, 0.717) is 4.75 Å². The fraction of sp³-hybridized carbons (Fsp3) is 0.667. The topological polar surface area (TPSA) is 36.4 Å². The van der Waals surface area contributed by atoms with E-state index in [2.05, 4.69) is 53.1 Å². The van der Waals surface area contributed by atoms with E-state index < -0.39 is 0 Å². The van der Waals surface area contributed by atoms with Crippen LogP contribution in [0.25, 0.3) is 0 Å². The molecule has 0 spiro atoms. The number of nitrogens with one attached hydrogen (secondary N) is 2. The van der Waals surface area contributed by atoms with Crippen LogP contribution in [0.1, 0.15) is 32.3 Å². The Morgan fingerprint density at radius 2 is 2.35 bits per heavy atom. The van der Waals surface area contributed by atoms with E-state index in [4.69, 9.17) is 4.99 Å². The van der Waals surface area contributed by atoms with Crippen molar-refractivity contribution in [1.82, 2.24) is 10.6 Å². The summed E-state index contributed by atoms with van der Waals surface area (Å²) < 4.78 is 0.343. The average molecular weight is 312 g/mol. The third-order valence-corrected chi connectivity index (χ3v) is 5.76. The lowest BCUT2D eigenvalue weighted by Crippen LogP contribution is -2.39. The molecule has 2 rings (SSSR count). The van der Waals surface area contributed by atoms with Crippen LogP contribution in [0.4, 0.5) is 0 Å². The quantitative estimate of drug-likeness (QED) is 0.626. The van der Waals surface area contributed by atoms with Crippen LogP contribution in [0.15, 0.2) is 21.8 Å². The molecule has 3 nitrogen and oxygen atoms in total. The second-order valence-corrected chi connectivity index (χ2v) is 7.87. The van der Waals surface area contributed by atoms with Crippen molar-refractivity contribution < 1.29 is 0 Å². The summed E-state index contributed by atoms with van der Waals surface area (Å²) in [5.41, 5.74) is 1.40. The third kappa shape index (κ3) is 5.02. The van der Waals surface area contributed by atoms with Gasteiger partial charge < -0.3 is 10.6 Å². The molecule has 0 saturated carbocycles. The lowest BCUT2D eigenvalue weighted by atomic mass is 10.1. The maximum Gasteiger partial charge on any atom is 0.191 e. The van der Waals surface area contributed by atoms with Crippen molar-refractivity contribution in [1.29, 1.82) is 0 Å². The second kappa shape index (κ2) is 7.93. The van der Waals surface area contributed by atoms with Gasteiger partial charge in [0.05, 0.1) is 6.54 Å². The molecule has 1 unspecified atom stereocenters. The highest BCUT2D eigenvalue weighted by Crippen LogP contribution is 2.37. The molecule has 5 heteroatoms. The minimum Gasteiger partial charge on any atom is -0.357 e. The Kier molecular flexibility index (Phi) is 6.23. The van der Waals surface area contributed by atoms with Gasteiger partial charge in [-0.1, -0.05) is 0 Å². The summed E-state index contributed by atoms with van der Waals surface area (Å²) in [5, 5.41) is 11.1. The average Bonchev–Trinajstić information content (AvgIpc) is 3.08. The predicted octanol–water partition coefficient (Wildman–Crippen LogP) is 3.13. The molecule has 0 amide bonds. The summed E-state index contributed by atoms with van der Waals surface area (Å²) in [4.78, 5) is 4.76. The lowest BCUT2D eigenvalue weighted by Gasteiger charge is -2.21. The monoisotopic (exact) mass is 311 g/mol. The summed E-state index contributed by atoms with van der Waals surface area (Å²) in [6.07, 6.45) is 3.67. The van der Waals surface area contributed by atoms with Crippen LogP contribution in [0, 0.1) is 0 Å². The van der Waals surface area contributed by atoms with Gasteiger partial charge in [0.25, 0.3) is 0 Å². The van der Waals surface area contributed by atoms with Gasteiger partial charge in [-0.2, -0.15) is 23.1 Å². The molecule has 1 atom stereocenters. The number of hydrogen-bond donors (Lipinski definition) is 2. The number of aliphatic imine (C=N–C) groups is 1. The van der Waals surface area contributed by atoms with E-state index in [0.717, 1.165) is 32.0 Å². The Hall–Kier alpha value is -0.680. The van der Waals surface area contributed by atoms with E-state index in [-0.39, 0.29) is 0 Å². The Morgan fingerprint density at radius 1 is 1.45 bits per heavy atom. The number of thiophene rings is 1. The van der Waals surface area contributed by atoms with E-state index in [1.54, 1.807) is 11.3 Å². The van der Waals surface area contributed by atoms with Crippen molar-refractivity contribution in [3.63, 3.8) is 0 Å². The van der Waals surface area contributed by atoms with Crippen molar-refractivity contribution >= 4 is 29.1 Å². The molecule has 1 fully saturated rings. The minimum absolute atomic E-state index is 0.343. The molecule has 0 aromatic carbocycles. The van der Waals surface area contributed by atoms with Gasteiger partial charge in [0.1, 0.15) is 0 Å². The number of thioether (sulfide) groups is 1. The highest BCUT2D eigenvalue weighted by Gasteiger charge is 2.29. The first-order valence-electron chi connectivity index (χ1n) is 7.39. The van der Waals surface area contributed by atoms with Gasteiger partial charge >= 0.3 is 0 Å². The molecular weight excluding hydrogens is 286 g/mol. The lowest BCUT2D eigenvalue weighted by molar-refractivity contribution is 0.614. The highest BCUT2D eigenvalue weighted by molar-refractivity contribution is 8.00. The van der Waals surface area contributed by atoms with Crippen LogP contribution in [-0.4, -0.2) is 36.1 Å². The first-order valence-corrected chi connectivity index (χ1v) is 9.32. The molecule has 20 heavy (non-hydrogen) atoms. The summed E-state index contributed by atoms with van der Waals surface area (Å²) >= 11 is 3.82. The van der Waals surface area contributed by atoms with Crippen LogP contribution in [-0.2, 0) is 6.42 Å². The van der Waals surface area contributed by atoms with Crippen LogP contribution < -0.4 is 10.6 Å². The standard InChI is InChI=1S/C15H25N3S2/c1-3-16-14(17-8-5-13-6-10-19-11-13)18-12-15(2)7-4-9-20-15/h6,10-11H,3-5,7-9,12H2,1-2H3,(H2,16,17,18). The van der Waals surface area contributed by atoms with Gasteiger partial charge in [0.2, 0.25) is 0 Å². The van der Waals surface area contributed by atoms with Crippen LogP contribution in [0.2, 0.25) is 0 Å². The summed E-state index contributed by atoms with van der Waals surface area (Å²) in [6.45, 7) is 7.21. The number of nitrogens with zero attached hydrogens (tertiary/aromatic N) is 1. The van der Waals surface area contributed by atoms with Crippen molar-refractivity contribution in [3.8, 4) is 0 Å². The van der Waals surface area contributed by atoms with Gasteiger partial charge in [0.15, 0.2) is 5.96 Å². The Balaban J connectivity index is 1.79. The van der Waals surface area contributed by atoms with Gasteiger partial charge in [0, 0.05) is 17.8 Å². The number of guanidine groups is 1. The Labute approximate surface area is 130 Å². The van der Waals surface area contributed by atoms with Crippen molar-refractivity contribution in [3.05, 3.63) is 22.4 Å². The summed E-state index contributed by atoms with van der Waals surface area (Å²) in [5.74, 6) is 2.24. The fourth-order valence-corrected chi connectivity index (χ4v) is 4.24. The van der Waals surface area contributed by atoms with Gasteiger partial charge in [-0.3, -0.25) is 4.99 Å². The van der Waals surface area contributed by atoms with E-state index in [9.17, 15) is 0 Å². The zero-order valence-electron chi connectivity index (χ0n) is 12.4.